The Balaban J connectivity index is 1.52. The molecular weight excluding hydrogens is 346 g/mol. The first-order chi connectivity index (χ1) is 12.9. The molecule has 0 aliphatic carbocycles. The van der Waals surface area contributed by atoms with Crippen molar-refractivity contribution < 1.29 is 19.2 Å². The molecule has 0 radical (unpaired) electrons. The van der Waals surface area contributed by atoms with Gasteiger partial charge >= 0.3 is 6.09 Å². The van der Waals surface area contributed by atoms with Crippen molar-refractivity contribution in [2.45, 2.75) is 71.5 Å². The number of hydrogen-bond donors (Lipinski definition) is 0. The predicted molar refractivity (Wildman–Crippen MR) is 102 cm³/mol. The molecule has 3 aliphatic heterocycles. The molecule has 0 bridgehead atoms. The highest BCUT2D eigenvalue weighted by Crippen LogP contribution is 2.34. The van der Waals surface area contributed by atoms with Gasteiger partial charge in [0.1, 0.15) is 5.60 Å². The third-order valence-electron chi connectivity index (χ3n) is 6.29. The van der Waals surface area contributed by atoms with Crippen molar-refractivity contribution in [3.05, 3.63) is 0 Å². The number of rotatable bonds is 6. The second-order valence-electron chi connectivity index (χ2n) is 8.47. The number of likely N-dealkylation sites (tertiary alicyclic amines) is 1. The molecule has 0 unspecified atom stereocenters. The van der Waals surface area contributed by atoms with Gasteiger partial charge in [-0.3, -0.25) is 4.79 Å². The summed E-state index contributed by atoms with van der Waals surface area (Å²) in [6.07, 6.45) is 3.40. The van der Waals surface area contributed by atoms with Crippen molar-refractivity contribution >= 4 is 17.7 Å². The lowest BCUT2D eigenvalue weighted by Crippen LogP contribution is -2.51. The zero-order valence-electron chi connectivity index (χ0n) is 17.1. The van der Waals surface area contributed by atoms with E-state index in [4.69, 9.17) is 9.57 Å². The second-order valence-corrected chi connectivity index (χ2v) is 8.47. The Morgan fingerprint density at radius 2 is 1.93 bits per heavy atom. The molecule has 3 rings (SSSR count). The van der Waals surface area contributed by atoms with Crippen LogP contribution in [0.25, 0.3) is 0 Å². The fourth-order valence-electron chi connectivity index (χ4n) is 4.16. The minimum Gasteiger partial charge on any atom is -0.441 e. The molecule has 1 atom stereocenters. The van der Waals surface area contributed by atoms with Crippen LogP contribution in [-0.2, 0) is 14.4 Å². The van der Waals surface area contributed by atoms with E-state index in [2.05, 4.69) is 32.9 Å². The summed E-state index contributed by atoms with van der Waals surface area (Å²) in [7, 11) is 0. The second kappa shape index (κ2) is 8.07. The quantitative estimate of drug-likeness (QED) is 0.711. The minimum atomic E-state index is -0.492. The summed E-state index contributed by atoms with van der Waals surface area (Å²) in [6, 6.07) is 0. The Hall–Kier alpha value is -1.79. The fourth-order valence-corrected chi connectivity index (χ4v) is 4.16. The van der Waals surface area contributed by atoms with Crippen molar-refractivity contribution in [1.29, 1.82) is 0 Å². The van der Waals surface area contributed by atoms with Gasteiger partial charge in [-0.05, 0) is 11.8 Å². The molecule has 2 saturated heterocycles. The van der Waals surface area contributed by atoms with Gasteiger partial charge in [0.2, 0.25) is 6.10 Å². The first kappa shape index (κ1) is 20.0. The molecule has 0 saturated carbocycles. The Kier molecular flexibility index (Phi) is 5.96. The Labute approximate surface area is 162 Å². The molecule has 152 valence electrons. The molecule has 2 fully saturated rings. The molecule has 2 amide bonds. The molecule has 7 heteroatoms. The van der Waals surface area contributed by atoms with E-state index in [1.54, 1.807) is 0 Å². The average Bonchev–Trinajstić information content (AvgIpc) is 3.25. The SMILES string of the molecule is CCC(CC)CN1CC2(CCN(C(=O)[C@@H]3CC(C(C)C)=NO3)CC2)OC1=O. The molecular formula is C20H33N3O4. The van der Waals surface area contributed by atoms with E-state index >= 15 is 0 Å². The van der Waals surface area contributed by atoms with Gasteiger partial charge in [0.25, 0.3) is 5.91 Å². The molecule has 3 heterocycles. The van der Waals surface area contributed by atoms with Gasteiger partial charge in [-0.1, -0.05) is 45.7 Å². The third kappa shape index (κ3) is 4.22. The summed E-state index contributed by atoms with van der Waals surface area (Å²) in [5.41, 5.74) is 0.513. The molecule has 27 heavy (non-hydrogen) atoms. The monoisotopic (exact) mass is 379 g/mol. The van der Waals surface area contributed by atoms with Crippen LogP contribution in [0.1, 0.15) is 59.8 Å². The van der Waals surface area contributed by atoms with Gasteiger partial charge in [0, 0.05) is 38.9 Å². The van der Waals surface area contributed by atoms with Crippen LogP contribution >= 0.6 is 0 Å². The van der Waals surface area contributed by atoms with E-state index in [0.717, 1.165) is 25.1 Å². The van der Waals surface area contributed by atoms with E-state index in [9.17, 15) is 9.59 Å². The standard InChI is InChI=1S/C20H33N3O4/c1-5-15(6-2)12-23-13-20(26-19(23)25)7-9-22(10-8-20)18(24)17-11-16(14(3)4)21-27-17/h14-15,17H,5-13H2,1-4H3/t17-/m0/s1. The normalized spacial score (nSPS) is 24.6. The molecule has 0 aromatic rings. The van der Waals surface area contributed by atoms with Gasteiger partial charge in [-0.15, -0.1) is 0 Å². The highest BCUT2D eigenvalue weighted by atomic mass is 16.6. The molecule has 0 aromatic heterocycles. The van der Waals surface area contributed by atoms with E-state index in [1.807, 2.05) is 9.80 Å². The summed E-state index contributed by atoms with van der Waals surface area (Å²) in [6.45, 7) is 11.0. The van der Waals surface area contributed by atoms with Crippen LogP contribution in [0.5, 0.6) is 0 Å². The van der Waals surface area contributed by atoms with Crippen molar-refractivity contribution in [2.75, 3.05) is 26.2 Å². The molecule has 0 N–H and O–H groups in total. The molecule has 3 aliphatic rings. The highest BCUT2D eigenvalue weighted by molar-refractivity contribution is 5.93. The van der Waals surface area contributed by atoms with E-state index in [1.165, 1.54) is 0 Å². The summed E-state index contributed by atoms with van der Waals surface area (Å²) in [5.74, 6) is 0.817. The summed E-state index contributed by atoms with van der Waals surface area (Å²) in [4.78, 5) is 34.1. The Morgan fingerprint density at radius 3 is 2.48 bits per heavy atom. The largest absolute Gasteiger partial charge is 0.441 e. The van der Waals surface area contributed by atoms with Gasteiger partial charge in [-0.25, -0.2) is 4.79 Å². The first-order valence-corrected chi connectivity index (χ1v) is 10.4. The van der Waals surface area contributed by atoms with Crippen molar-refractivity contribution in [2.24, 2.45) is 17.0 Å². The smallest absolute Gasteiger partial charge is 0.410 e. The maximum Gasteiger partial charge on any atom is 0.410 e. The summed E-state index contributed by atoms with van der Waals surface area (Å²) >= 11 is 0. The van der Waals surface area contributed by atoms with E-state index in [0.29, 0.717) is 50.7 Å². The number of amides is 2. The maximum absolute atomic E-state index is 12.7. The molecule has 7 nitrogen and oxygen atoms in total. The summed E-state index contributed by atoms with van der Waals surface area (Å²) in [5, 5.41) is 4.06. The van der Waals surface area contributed by atoms with Crippen LogP contribution in [0.2, 0.25) is 0 Å². The number of hydrogen-bond acceptors (Lipinski definition) is 5. The number of piperidine rings is 1. The van der Waals surface area contributed by atoms with Crippen LogP contribution in [-0.4, -0.2) is 65.4 Å². The number of nitrogens with zero attached hydrogens (tertiary/aromatic N) is 3. The van der Waals surface area contributed by atoms with E-state index < -0.39 is 11.7 Å². The highest BCUT2D eigenvalue weighted by Gasteiger charge is 2.48. The number of oxime groups is 1. The van der Waals surface area contributed by atoms with Crippen LogP contribution in [0.15, 0.2) is 5.16 Å². The van der Waals surface area contributed by atoms with Crippen LogP contribution in [0.4, 0.5) is 4.79 Å². The zero-order valence-corrected chi connectivity index (χ0v) is 17.1. The van der Waals surface area contributed by atoms with Crippen LogP contribution in [0.3, 0.4) is 0 Å². The lowest BCUT2D eigenvalue weighted by atomic mass is 9.90. The zero-order chi connectivity index (χ0) is 19.6. The number of ether oxygens (including phenoxy) is 1. The van der Waals surface area contributed by atoms with Crippen LogP contribution in [0, 0.1) is 11.8 Å². The van der Waals surface area contributed by atoms with Gasteiger partial charge in [-0.2, -0.15) is 0 Å². The number of carbonyl (C=O) groups is 2. The Morgan fingerprint density at radius 1 is 1.26 bits per heavy atom. The fraction of sp³-hybridized carbons (Fsp3) is 0.850. The maximum atomic E-state index is 12.7. The summed E-state index contributed by atoms with van der Waals surface area (Å²) < 4.78 is 5.79. The van der Waals surface area contributed by atoms with Crippen molar-refractivity contribution in [1.82, 2.24) is 9.80 Å². The average molecular weight is 380 g/mol. The predicted octanol–water partition coefficient (Wildman–Crippen LogP) is 3.04. The number of carbonyl (C=O) groups excluding carboxylic acids is 2. The minimum absolute atomic E-state index is 0.00228. The lowest BCUT2D eigenvalue weighted by molar-refractivity contribution is -0.145. The van der Waals surface area contributed by atoms with Crippen LogP contribution < -0.4 is 0 Å². The van der Waals surface area contributed by atoms with Gasteiger partial charge < -0.3 is 19.4 Å². The molecule has 0 aromatic carbocycles. The first-order valence-electron chi connectivity index (χ1n) is 10.4. The van der Waals surface area contributed by atoms with Gasteiger partial charge in [0.15, 0.2) is 0 Å². The topological polar surface area (TPSA) is 71.4 Å². The molecule has 1 spiro atoms. The van der Waals surface area contributed by atoms with Gasteiger partial charge in [0.05, 0.1) is 12.3 Å². The van der Waals surface area contributed by atoms with E-state index in [-0.39, 0.29) is 12.0 Å². The Bertz CT molecular complexity index is 592. The third-order valence-corrected chi connectivity index (χ3v) is 6.29. The lowest BCUT2D eigenvalue weighted by Gasteiger charge is -2.38. The van der Waals surface area contributed by atoms with Crippen molar-refractivity contribution in [3.8, 4) is 0 Å². The van der Waals surface area contributed by atoms with Crippen molar-refractivity contribution in [3.63, 3.8) is 0 Å².